The van der Waals surface area contributed by atoms with Gasteiger partial charge in [-0.1, -0.05) is 52.7 Å². The van der Waals surface area contributed by atoms with Crippen LogP contribution in [0.1, 0.15) is 36.4 Å². The number of methoxy groups -OCH3 is 1. The Labute approximate surface area is 156 Å². The van der Waals surface area contributed by atoms with Crippen molar-refractivity contribution in [3.05, 3.63) is 64.1 Å². The number of rotatable bonds is 5. The van der Waals surface area contributed by atoms with Gasteiger partial charge in [0.2, 0.25) is 0 Å². The molecule has 0 bridgehead atoms. The van der Waals surface area contributed by atoms with E-state index in [4.69, 9.17) is 4.74 Å². The van der Waals surface area contributed by atoms with Crippen LogP contribution in [0.25, 0.3) is 0 Å². The van der Waals surface area contributed by atoms with Crippen LogP contribution in [0.4, 0.5) is 0 Å². The van der Waals surface area contributed by atoms with E-state index in [1.54, 1.807) is 7.11 Å². The Morgan fingerprint density at radius 2 is 2.00 bits per heavy atom. The smallest absolute Gasteiger partial charge is 0.320 e. The van der Waals surface area contributed by atoms with Gasteiger partial charge in [-0.15, -0.1) is 0 Å². The molecule has 0 aromatic heterocycles. The van der Waals surface area contributed by atoms with Crippen LogP contribution in [0.15, 0.2) is 53.0 Å². The predicted molar refractivity (Wildman–Crippen MR) is 101 cm³/mol. The van der Waals surface area contributed by atoms with E-state index >= 15 is 0 Å². The molecular weight excluding hydrogens is 382 g/mol. The summed E-state index contributed by atoms with van der Waals surface area (Å²) >= 11 is 3.54. The molecule has 132 valence electrons. The maximum Gasteiger partial charge on any atom is 0.320 e. The third-order valence-electron chi connectivity index (χ3n) is 4.76. The van der Waals surface area contributed by atoms with Gasteiger partial charge in [0.25, 0.3) is 0 Å². The fourth-order valence-corrected chi connectivity index (χ4v) is 4.01. The Kier molecular flexibility index (Phi) is 5.76. The second kappa shape index (κ2) is 8.02. The molecule has 1 aliphatic heterocycles. The molecule has 0 amide bonds. The molecule has 25 heavy (non-hydrogen) atoms. The molecule has 2 aromatic carbocycles. The van der Waals surface area contributed by atoms with Crippen molar-refractivity contribution < 1.29 is 14.6 Å². The Morgan fingerprint density at radius 1 is 1.24 bits per heavy atom. The standard InChI is InChI=1S/C20H22BrNO3/c1-25-18-11-10-15(21)13-16(18)19(14-7-3-2-4-8-14)22-12-6-5-9-17(22)20(23)24/h2-4,7-8,10-11,13,17,19H,5-6,9,12H2,1H3,(H,23,24). The van der Waals surface area contributed by atoms with Gasteiger partial charge in [0.1, 0.15) is 11.8 Å². The van der Waals surface area contributed by atoms with E-state index in [1.165, 1.54) is 0 Å². The predicted octanol–water partition coefficient (Wildman–Crippen LogP) is 4.49. The van der Waals surface area contributed by atoms with Crippen LogP contribution in [0.2, 0.25) is 0 Å². The molecule has 2 unspecified atom stereocenters. The molecule has 1 saturated heterocycles. The normalized spacial score (nSPS) is 19.4. The van der Waals surface area contributed by atoms with E-state index in [9.17, 15) is 9.90 Å². The summed E-state index contributed by atoms with van der Waals surface area (Å²) < 4.78 is 6.55. The lowest BCUT2D eigenvalue weighted by molar-refractivity contribution is -0.145. The number of halogens is 1. The molecule has 0 spiro atoms. The number of carboxylic acids is 1. The van der Waals surface area contributed by atoms with Gasteiger partial charge in [-0.05, 0) is 43.1 Å². The van der Waals surface area contributed by atoms with Crippen molar-refractivity contribution in [3.8, 4) is 5.75 Å². The summed E-state index contributed by atoms with van der Waals surface area (Å²) in [4.78, 5) is 14.0. The Hall–Kier alpha value is -1.85. The Bertz CT molecular complexity index is 735. The topological polar surface area (TPSA) is 49.8 Å². The van der Waals surface area contributed by atoms with Crippen molar-refractivity contribution in [2.24, 2.45) is 0 Å². The van der Waals surface area contributed by atoms with E-state index in [0.29, 0.717) is 6.42 Å². The minimum atomic E-state index is -0.755. The summed E-state index contributed by atoms with van der Waals surface area (Å²) in [7, 11) is 1.65. The minimum Gasteiger partial charge on any atom is -0.496 e. The van der Waals surface area contributed by atoms with Crippen molar-refractivity contribution in [1.29, 1.82) is 0 Å². The van der Waals surface area contributed by atoms with Gasteiger partial charge in [-0.3, -0.25) is 9.69 Å². The van der Waals surface area contributed by atoms with Crippen LogP contribution in [0.3, 0.4) is 0 Å². The van der Waals surface area contributed by atoms with Gasteiger partial charge in [0.05, 0.1) is 13.2 Å². The van der Waals surface area contributed by atoms with Gasteiger partial charge in [0.15, 0.2) is 0 Å². The summed E-state index contributed by atoms with van der Waals surface area (Å²) in [5.41, 5.74) is 2.06. The van der Waals surface area contributed by atoms with Crippen LogP contribution in [0.5, 0.6) is 5.75 Å². The highest BCUT2D eigenvalue weighted by Gasteiger charge is 2.36. The summed E-state index contributed by atoms with van der Waals surface area (Å²) in [5, 5.41) is 9.75. The average Bonchev–Trinajstić information content (AvgIpc) is 2.63. The summed E-state index contributed by atoms with van der Waals surface area (Å²) in [6.45, 7) is 0.756. The number of piperidine rings is 1. The second-order valence-corrected chi connectivity index (χ2v) is 7.20. The zero-order chi connectivity index (χ0) is 17.8. The van der Waals surface area contributed by atoms with Crippen LogP contribution < -0.4 is 4.74 Å². The first-order chi connectivity index (χ1) is 12.1. The monoisotopic (exact) mass is 403 g/mol. The Morgan fingerprint density at radius 3 is 2.68 bits per heavy atom. The lowest BCUT2D eigenvalue weighted by Gasteiger charge is -2.40. The largest absolute Gasteiger partial charge is 0.496 e. The molecule has 1 aliphatic rings. The number of likely N-dealkylation sites (tertiary alicyclic amines) is 1. The highest BCUT2D eigenvalue weighted by atomic mass is 79.9. The molecule has 3 rings (SSSR count). The second-order valence-electron chi connectivity index (χ2n) is 6.29. The highest BCUT2D eigenvalue weighted by molar-refractivity contribution is 9.10. The van der Waals surface area contributed by atoms with Gasteiger partial charge < -0.3 is 9.84 Å². The molecule has 0 radical (unpaired) electrons. The highest BCUT2D eigenvalue weighted by Crippen LogP contribution is 2.39. The summed E-state index contributed by atoms with van der Waals surface area (Å²) in [6, 6.07) is 15.3. The van der Waals surface area contributed by atoms with Crippen molar-refractivity contribution in [1.82, 2.24) is 4.90 Å². The van der Waals surface area contributed by atoms with Crippen molar-refractivity contribution >= 4 is 21.9 Å². The maximum atomic E-state index is 11.9. The Balaban J connectivity index is 2.14. The molecule has 2 aromatic rings. The van der Waals surface area contributed by atoms with Crippen LogP contribution >= 0.6 is 15.9 Å². The van der Waals surface area contributed by atoms with E-state index < -0.39 is 12.0 Å². The lowest BCUT2D eigenvalue weighted by Crippen LogP contribution is -2.46. The van der Waals surface area contributed by atoms with Crippen LogP contribution in [-0.4, -0.2) is 35.7 Å². The zero-order valence-electron chi connectivity index (χ0n) is 14.2. The minimum absolute atomic E-state index is 0.157. The SMILES string of the molecule is COc1ccc(Br)cc1C(c1ccccc1)N1CCCCC1C(=O)O. The van der Waals surface area contributed by atoms with Crippen molar-refractivity contribution in [3.63, 3.8) is 0 Å². The first-order valence-corrected chi connectivity index (χ1v) is 9.28. The first kappa shape index (κ1) is 18.0. The van der Waals surface area contributed by atoms with E-state index in [1.807, 2.05) is 36.4 Å². The van der Waals surface area contributed by atoms with Gasteiger partial charge in [-0.2, -0.15) is 0 Å². The van der Waals surface area contributed by atoms with Gasteiger partial charge in [-0.25, -0.2) is 0 Å². The third-order valence-corrected chi connectivity index (χ3v) is 5.26. The number of nitrogens with zero attached hydrogens (tertiary/aromatic N) is 1. The number of carboxylic acid groups (broad SMARTS) is 1. The number of hydrogen-bond donors (Lipinski definition) is 1. The lowest BCUT2D eigenvalue weighted by atomic mass is 9.91. The van der Waals surface area contributed by atoms with E-state index in [-0.39, 0.29) is 6.04 Å². The van der Waals surface area contributed by atoms with Crippen molar-refractivity contribution in [2.45, 2.75) is 31.3 Å². The third kappa shape index (κ3) is 3.88. The average molecular weight is 404 g/mol. The quantitative estimate of drug-likeness (QED) is 0.798. The molecule has 1 N–H and O–H groups in total. The number of hydrogen-bond acceptors (Lipinski definition) is 3. The molecule has 0 aliphatic carbocycles. The molecule has 0 saturated carbocycles. The fourth-order valence-electron chi connectivity index (χ4n) is 3.63. The fraction of sp³-hybridized carbons (Fsp3) is 0.350. The molecule has 2 atom stereocenters. The molecule has 1 fully saturated rings. The molecule has 1 heterocycles. The van der Waals surface area contributed by atoms with E-state index in [2.05, 4.69) is 33.0 Å². The van der Waals surface area contributed by atoms with Gasteiger partial charge in [0, 0.05) is 10.0 Å². The van der Waals surface area contributed by atoms with Crippen LogP contribution in [0, 0.1) is 0 Å². The first-order valence-electron chi connectivity index (χ1n) is 8.48. The zero-order valence-corrected chi connectivity index (χ0v) is 15.8. The summed E-state index contributed by atoms with van der Waals surface area (Å²) in [5.74, 6) is 0.0151. The summed E-state index contributed by atoms with van der Waals surface area (Å²) in [6.07, 6.45) is 2.63. The van der Waals surface area contributed by atoms with Crippen molar-refractivity contribution in [2.75, 3.05) is 13.7 Å². The van der Waals surface area contributed by atoms with Gasteiger partial charge >= 0.3 is 5.97 Å². The number of aliphatic carboxylic acids is 1. The molecule has 5 heteroatoms. The maximum absolute atomic E-state index is 11.9. The number of ether oxygens (including phenoxy) is 1. The number of benzene rings is 2. The van der Waals surface area contributed by atoms with E-state index in [0.717, 1.165) is 40.7 Å². The molecular formula is C20H22BrNO3. The van der Waals surface area contributed by atoms with Crippen LogP contribution in [-0.2, 0) is 4.79 Å². The molecule has 4 nitrogen and oxygen atoms in total. The number of carbonyl (C=O) groups is 1.